The number of non-ortho nitro benzene ring substituents is 1. The van der Waals surface area contributed by atoms with E-state index in [-0.39, 0.29) is 17.5 Å². The number of unbranched alkanes of at least 4 members (excludes halogenated alkanes) is 2. The second-order valence-corrected chi connectivity index (χ2v) is 7.18. The van der Waals surface area contributed by atoms with Gasteiger partial charge in [-0.2, -0.15) is 0 Å². The van der Waals surface area contributed by atoms with Crippen molar-refractivity contribution in [3.63, 3.8) is 0 Å². The highest BCUT2D eigenvalue weighted by molar-refractivity contribution is 5.76. The van der Waals surface area contributed by atoms with Crippen molar-refractivity contribution in [1.82, 2.24) is 4.90 Å². The van der Waals surface area contributed by atoms with Crippen molar-refractivity contribution < 1.29 is 19.6 Å². The van der Waals surface area contributed by atoms with Gasteiger partial charge in [-0.25, -0.2) is 0 Å². The summed E-state index contributed by atoms with van der Waals surface area (Å²) in [5.41, 5.74) is 1.01. The monoisotopic (exact) mass is 391 g/mol. The van der Waals surface area contributed by atoms with Gasteiger partial charge in [0.05, 0.1) is 10.8 Å². The van der Waals surface area contributed by atoms with Crippen LogP contribution in [0.5, 0.6) is 0 Å². The number of piperazine rings is 1. The molecule has 0 radical (unpaired) electrons. The molecule has 0 bridgehead atoms. The fourth-order valence-electron chi connectivity index (χ4n) is 3.50. The first-order chi connectivity index (χ1) is 13.4. The lowest BCUT2D eigenvalue weighted by Gasteiger charge is -2.36. The number of nitro benzene ring substituents is 1. The Kier molecular flexibility index (Phi) is 8.22. The van der Waals surface area contributed by atoms with Crippen LogP contribution >= 0.6 is 0 Å². The maximum absolute atomic E-state index is 12.4. The van der Waals surface area contributed by atoms with Crippen LogP contribution in [-0.4, -0.2) is 53.0 Å². The molecule has 0 aromatic heterocycles. The van der Waals surface area contributed by atoms with Crippen LogP contribution in [0.1, 0.15) is 45.4 Å². The molecule has 8 heteroatoms. The Bertz CT molecular complexity index is 669. The van der Waals surface area contributed by atoms with Gasteiger partial charge in [0.2, 0.25) is 5.91 Å². The highest BCUT2D eigenvalue weighted by Crippen LogP contribution is 2.21. The molecule has 2 rings (SSSR count). The SMILES string of the molecule is CCC(CCCCCC(=O)N1CCN(c2ccc([N+](=O)[O-])cc2)CC1)C(=O)O. The number of carboxylic acid groups (broad SMARTS) is 1. The van der Waals surface area contributed by atoms with Crippen molar-refractivity contribution in [3.05, 3.63) is 34.4 Å². The van der Waals surface area contributed by atoms with Gasteiger partial charge in [0.15, 0.2) is 0 Å². The summed E-state index contributed by atoms with van der Waals surface area (Å²) in [4.78, 5) is 37.7. The predicted molar refractivity (Wildman–Crippen MR) is 106 cm³/mol. The standard InChI is InChI=1S/C20H29N3O5/c1-2-16(20(25)26)6-4-3-5-7-19(24)22-14-12-21(13-15-22)17-8-10-18(11-9-17)23(27)28/h8-11,16H,2-7,12-15H2,1H3,(H,25,26). The third kappa shape index (κ3) is 6.21. The number of carboxylic acids is 1. The number of hydrogen-bond donors (Lipinski definition) is 1. The van der Waals surface area contributed by atoms with Crippen LogP contribution in [0, 0.1) is 16.0 Å². The first-order valence-electron chi connectivity index (χ1n) is 9.92. The number of hydrogen-bond acceptors (Lipinski definition) is 5. The van der Waals surface area contributed by atoms with Gasteiger partial charge in [0, 0.05) is 50.4 Å². The van der Waals surface area contributed by atoms with Crippen LogP contribution < -0.4 is 4.90 Å². The second-order valence-electron chi connectivity index (χ2n) is 7.18. The summed E-state index contributed by atoms with van der Waals surface area (Å²) >= 11 is 0. The number of carbonyl (C=O) groups is 2. The average molecular weight is 391 g/mol. The van der Waals surface area contributed by atoms with Crippen molar-refractivity contribution >= 4 is 23.3 Å². The fraction of sp³-hybridized carbons (Fsp3) is 0.600. The molecule has 1 aliphatic heterocycles. The zero-order chi connectivity index (χ0) is 20.5. The zero-order valence-corrected chi connectivity index (χ0v) is 16.4. The molecular formula is C20H29N3O5. The number of anilines is 1. The molecule has 1 aliphatic rings. The van der Waals surface area contributed by atoms with E-state index >= 15 is 0 Å². The smallest absolute Gasteiger partial charge is 0.306 e. The highest BCUT2D eigenvalue weighted by Gasteiger charge is 2.21. The summed E-state index contributed by atoms with van der Waals surface area (Å²) in [6.45, 7) is 4.60. The van der Waals surface area contributed by atoms with Gasteiger partial charge in [0.1, 0.15) is 0 Å². The molecule has 1 atom stereocenters. The van der Waals surface area contributed by atoms with E-state index < -0.39 is 10.9 Å². The fourth-order valence-corrected chi connectivity index (χ4v) is 3.50. The molecule has 1 unspecified atom stereocenters. The minimum atomic E-state index is -0.732. The van der Waals surface area contributed by atoms with Crippen LogP contribution in [0.2, 0.25) is 0 Å². The van der Waals surface area contributed by atoms with Gasteiger partial charge in [-0.3, -0.25) is 19.7 Å². The minimum Gasteiger partial charge on any atom is -0.481 e. The van der Waals surface area contributed by atoms with E-state index in [9.17, 15) is 19.7 Å². The van der Waals surface area contributed by atoms with E-state index in [1.54, 1.807) is 12.1 Å². The minimum absolute atomic E-state index is 0.0752. The highest BCUT2D eigenvalue weighted by atomic mass is 16.6. The molecule has 28 heavy (non-hydrogen) atoms. The van der Waals surface area contributed by atoms with Crippen LogP contribution in [0.4, 0.5) is 11.4 Å². The maximum atomic E-state index is 12.4. The lowest BCUT2D eigenvalue weighted by Crippen LogP contribution is -2.48. The molecule has 1 saturated heterocycles. The number of nitro groups is 1. The molecule has 1 fully saturated rings. The van der Waals surface area contributed by atoms with Gasteiger partial charge < -0.3 is 14.9 Å². The third-order valence-electron chi connectivity index (χ3n) is 5.34. The lowest BCUT2D eigenvalue weighted by atomic mass is 9.98. The van der Waals surface area contributed by atoms with E-state index in [1.807, 2.05) is 11.8 Å². The zero-order valence-electron chi connectivity index (χ0n) is 16.4. The molecule has 1 aromatic rings. The van der Waals surface area contributed by atoms with Crippen molar-refractivity contribution in [3.8, 4) is 0 Å². The van der Waals surface area contributed by atoms with Crippen molar-refractivity contribution in [2.24, 2.45) is 5.92 Å². The number of carbonyl (C=O) groups excluding carboxylic acids is 1. The Morgan fingerprint density at radius 3 is 2.29 bits per heavy atom. The molecule has 1 heterocycles. The molecule has 1 N–H and O–H groups in total. The quantitative estimate of drug-likeness (QED) is 0.373. The largest absolute Gasteiger partial charge is 0.481 e. The van der Waals surface area contributed by atoms with Gasteiger partial charge in [0.25, 0.3) is 5.69 Å². The summed E-state index contributed by atoms with van der Waals surface area (Å²) in [7, 11) is 0. The number of nitrogens with zero attached hydrogens (tertiary/aromatic N) is 3. The number of aliphatic carboxylic acids is 1. The Balaban J connectivity index is 1.67. The van der Waals surface area contributed by atoms with E-state index in [0.29, 0.717) is 45.4 Å². The predicted octanol–water partition coefficient (Wildman–Crippen LogP) is 3.30. The molecule has 0 spiro atoms. The summed E-state index contributed by atoms with van der Waals surface area (Å²) in [5, 5.41) is 19.8. The summed E-state index contributed by atoms with van der Waals surface area (Å²) < 4.78 is 0. The first kappa shape index (κ1) is 21.7. The van der Waals surface area contributed by atoms with Gasteiger partial charge in [-0.1, -0.05) is 19.8 Å². The second kappa shape index (κ2) is 10.6. The lowest BCUT2D eigenvalue weighted by molar-refractivity contribution is -0.384. The summed E-state index contributed by atoms with van der Waals surface area (Å²) in [6, 6.07) is 6.49. The van der Waals surface area contributed by atoms with Crippen LogP contribution in [0.15, 0.2) is 24.3 Å². The van der Waals surface area contributed by atoms with Crippen molar-refractivity contribution in [2.45, 2.75) is 45.4 Å². The Morgan fingerprint density at radius 1 is 1.11 bits per heavy atom. The van der Waals surface area contributed by atoms with Gasteiger partial charge >= 0.3 is 5.97 Å². The molecule has 0 saturated carbocycles. The molecule has 0 aliphatic carbocycles. The summed E-state index contributed by atoms with van der Waals surface area (Å²) in [6.07, 6.45) is 4.32. The average Bonchev–Trinajstić information content (AvgIpc) is 2.70. The van der Waals surface area contributed by atoms with E-state index in [4.69, 9.17) is 5.11 Å². The Labute approximate surface area is 165 Å². The van der Waals surface area contributed by atoms with Crippen molar-refractivity contribution in [1.29, 1.82) is 0 Å². The van der Waals surface area contributed by atoms with Gasteiger partial charge in [-0.15, -0.1) is 0 Å². The Morgan fingerprint density at radius 2 is 1.75 bits per heavy atom. The third-order valence-corrected chi connectivity index (χ3v) is 5.34. The Hall–Kier alpha value is -2.64. The van der Waals surface area contributed by atoms with E-state index in [1.165, 1.54) is 12.1 Å². The molecule has 1 amide bonds. The topological polar surface area (TPSA) is 104 Å². The molecule has 8 nitrogen and oxygen atoms in total. The van der Waals surface area contributed by atoms with Crippen LogP contribution in [-0.2, 0) is 9.59 Å². The normalized spacial score (nSPS) is 15.3. The number of rotatable bonds is 10. The summed E-state index contributed by atoms with van der Waals surface area (Å²) in [5.74, 6) is -0.860. The van der Waals surface area contributed by atoms with E-state index in [0.717, 1.165) is 24.9 Å². The van der Waals surface area contributed by atoms with Crippen LogP contribution in [0.25, 0.3) is 0 Å². The van der Waals surface area contributed by atoms with Gasteiger partial charge in [-0.05, 0) is 31.4 Å². The maximum Gasteiger partial charge on any atom is 0.306 e. The molecular weight excluding hydrogens is 362 g/mol. The van der Waals surface area contributed by atoms with Crippen LogP contribution in [0.3, 0.4) is 0 Å². The number of amides is 1. The molecule has 1 aromatic carbocycles. The van der Waals surface area contributed by atoms with Crippen molar-refractivity contribution in [2.75, 3.05) is 31.1 Å². The number of benzene rings is 1. The first-order valence-corrected chi connectivity index (χ1v) is 9.92. The van der Waals surface area contributed by atoms with E-state index in [2.05, 4.69) is 4.90 Å². The molecule has 154 valence electrons.